The first-order valence-corrected chi connectivity index (χ1v) is 10.5. The van der Waals surface area contributed by atoms with Gasteiger partial charge in [-0.2, -0.15) is 12.8 Å². The van der Waals surface area contributed by atoms with E-state index in [2.05, 4.69) is 9.38 Å². The number of hydrogen-bond donors (Lipinski definition) is 0. The minimum Gasteiger partial charge on any atom is -0.312 e. The standard InChI is InChI=1S/C21H19N3O3S/c25-21-17(9-6-14-24(21)18-10-2-1-3-11-18)15-23-28(26,27)19-12-4-7-16-8-5-13-22-20(16)19/h1-5,7-8,10-13,15,17H,6,9,14H2. The maximum absolute atomic E-state index is 12.8. The van der Waals surface area contributed by atoms with E-state index in [1.165, 1.54) is 12.3 Å². The van der Waals surface area contributed by atoms with Gasteiger partial charge < -0.3 is 4.90 Å². The Kier molecular flexibility index (Phi) is 4.92. The molecule has 0 bridgehead atoms. The van der Waals surface area contributed by atoms with E-state index < -0.39 is 15.9 Å². The Bertz CT molecular complexity index is 1140. The Morgan fingerprint density at radius 2 is 1.82 bits per heavy atom. The number of carbonyl (C=O) groups is 1. The highest BCUT2D eigenvalue weighted by Gasteiger charge is 2.29. The number of benzene rings is 2. The van der Waals surface area contributed by atoms with E-state index in [1.807, 2.05) is 30.3 Å². The number of aromatic nitrogens is 1. The molecule has 0 N–H and O–H groups in total. The molecule has 0 radical (unpaired) electrons. The molecule has 2 heterocycles. The van der Waals surface area contributed by atoms with E-state index in [-0.39, 0.29) is 10.8 Å². The van der Waals surface area contributed by atoms with E-state index >= 15 is 0 Å². The van der Waals surface area contributed by atoms with Crippen molar-refractivity contribution < 1.29 is 13.2 Å². The highest BCUT2D eigenvalue weighted by Crippen LogP contribution is 2.25. The SMILES string of the molecule is O=C1C(C=NS(=O)(=O)c2cccc3cccnc23)CCCN1c1ccccc1. The van der Waals surface area contributed by atoms with Crippen LogP contribution in [0.5, 0.6) is 0 Å². The quantitative estimate of drug-likeness (QED) is 0.636. The molecule has 0 saturated carbocycles. The summed E-state index contributed by atoms with van der Waals surface area (Å²) >= 11 is 0. The lowest BCUT2D eigenvalue weighted by Crippen LogP contribution is -2.42. The average Bonchev–Trinajstić information content (AvgIpc) is 2.73. The van der Waals surface area contributed by atoms with E-state index in [0.29, 0.717) is 18.5 Å². The molecule has 1 fully saturated rings. The normalized spacial score (nSPS) is 18.1. The summed E-state index contributed by atoms with van der Waals surface area (Å²) in [5, 5.41) is 0.725. The number of anilines is 1. The molecule has 1 amide bonds. The second-order valence-corrected chi connectivity index (χ2v) is 8.24. The number of hydrogen-bond acceptors (Lipinski definition) is 4. The predicted molar refractivity (Wildman–Crippen MR) is 109 cm³/mol. The molecule has 1 aliphatic heterocycles. The van der Waals surface area contributed by atoms with Crippen LogP contribution in [0.2, 0.25) is 0 Å². The van der Waals surface area contributed by atoms with Crippen LogP contribution in [0.15, 0.2) is 76.2 Å². The molecule has 1 atom stereocenters. The van der Waals surface area contributed by atoms with Gasteiger partial charge in [-0.25, -0.2) is 0 Å². The second-order valence-electron chi connectivity index (χ2n) is 6.63. The topological polar surface area (TPSA) is 79.7 Å². The van der Waals surface area contributed by atoms with Crippen LogP contribution in [0, 0.1) is 5.92 Å². The molecular formula is C21H19N3O3S. The summed E-state index contributed by atoms with van der Waals surface area (Å²) in [6, 6.07) is 17.9. The van der Waals surface area contributed by atoms with Crippen molar-refractivity contribution in [3.63, 3.8) is 0 Å². The van der Waals surface area contributed by atoms with Crippen molar-refractivity contribution in [2.24, 2.45) is 10.3 Å². The summed E-state index contributed by atoms with van der Waals surface area (Å²) in [6.07, 6.45) is 4.18. The fourth-order valence-corrected chi connectivity index (χ4v) is 4.49. The van der Waals surface area contributed by atoms with Gasteiger partial charge in [0.05, 0.1) is 11.4 Å². The van der Waals surface area contributed by atoms with Crippen LogP contribution in [0.1, 0.15) is 12.8 Å². The number of piperidine rings is 1. The fraction of sp³-hybridized carbons (Fsp3) is 0.190. The van der Waals surface area contributed by atoms with E-state index in [9.17, 15) is 13.2 Å². The molecule has 4 rings (SSSR count). The summed E-state index contributed by atoms with van der Waals surface area (Å²) in [5.74, 6) is -0.695. The maximum Gasteiger partial charge on any atom is 0.284 e. The van der Waals surface area contributed by atoms with Gasteiger partial charge in [0, 0.05) is 30.0 Å². The molecule has 142 valence electrons. The van der Waals surface area contributed by atoms with Crippen molar-refractivity contribution in [2.45, 2.75) is 17.7 Å². The summed E-state index contributed by atoms with van der Waals surface area (Å²) in [6.45, 7) is 0.618. The lowest BCUT2D eigenvalue weighted by Gasteiger charge is -2.30. The average molecular weight is 393 g/mol. The van der Waals surface area contributed by atoms with Gasteiger partial charge in [0.1, 0.15) is 4.90 Å². The number of carbonyl (C=O) groups excluding carboxylic acids is 1. The van der Waals surface area contributed by atoms with Crippen LogP contribution in [-0.2, 0) is 14.8 Å². The predicted octanol–water partition coefficient (Wildman–Crippen LogP) is 3.44. The van der Waals surface area contributed by atoms with Gasteiger partial charge in [0.25, 0.3) is 10.0 Å². The van der Waals surface area contributed by atoms with Gasteiger partial charge >= 0.3 is 0 Å². The van der Waals surface area contributed by atoms with E-state index in [0.717, 1.165) is 17.5 Å². The molecule has 1 saturated heterocycles. The van der Waals surface area contributed by atoms with Crippen LogP contribution < -0.4 is 4.90 Å². The molecule has 1 aliphatic rings. The third kappa shape index (κ3) is 3.53. The van der Waals surface area contributed by atoms with Crippen molar-refractivity contribution in [1.29, 1.82) is 0 Å². The zero-order valence-electron chi connectivity index (χ0n) is 15.1. The maximum atomic E-state index is 12.8. The Labute approximate surface area is 163 Å². The number of para-hydroxylation sites is 2. The van der Waals surface area contributed by atoms with Crippen LogP contribution in [0.3, 0.4) is 0 Å². The highest BCUT2D eigenvalue weighted by atomic mass is 32.2. The van der Waals surface area contributed by atoms with Gasteiger partial charge in [-0.05, 0) is 37.1 Å². The van der Waals surface area contributed by atoms with Crippen LogP contribution in [0.4, 0.5) is 5.69 Å². The van der Waals surface area contributed by atoms with Crippen molar-refractivity contribution >= 4 is 38.7 Å². The third-order valence-electron chi connectivity index (χ3n) is 4.80. The summed E-state index contributed by atoms with van der Waals surface area (Å²) in [5.41, 5.74) is 1.19. The van der Waals surface area contributed by atoms with Gasteiger partial charge in [0.2, 0.25) is 5.91 Å². The van der Waals surface area contributed by atoms with Gasteiger partial charge in [-0.15, -0.1) is 0 Å². The molecule has 6 nitrogen and oxygen atoms in total. The molecule has 2 aromatic carbocycles. The number of fused-ring (bicyclic) bond motifs is 1. The Hall–Kier alpha value is -3.06. The van der Waals surface area contributed by atoms with Crippen LogP contribution >= 0.6 is 0 Å². The monoisotopic (exact) mass is 393 g/mol. The van der Waals surface area contributed by atoms with Crippen molar-refractivity contribution in [3.05, 3.63) is 66.9 Å². The Morgan fingerprint density at radius 1 is 1.04 bits per heavy atom. The van der Waals surface area contributed by atoms with Crippen LogP contribution in [0.25, 0.3) is 10.9 Å². The number of sulfonamides is 1. The minimum absolute atomic E-state index is 0.0463. The Balaban J connectivity index is 1.61. The summed E-state index contributed by atoms with van der Waals surface area (Å²) < 4.78 is 29.4. The lowest BCUT2D eigenvalue weighted by atomic mass is 9.98. The van der Waals surface area contributed by atoms with Crippen molar-refractivity contribution in [3.8, 4) is 0 Å². The minimum atomic E-state index is -3.96. The molecule has 0 spiro atoms. The molecule has 0 aliphatic carbocycles. The second kappa shape index (κ2) is 7.52. The first-order valence-electron chi connectivity index (χ1n) is 9.07. The molecule has 1 aromatic heterocycles. The molecule has 1 unspecified atom stereocenters. The number of rotatable bonds is 4. The first kappa shape index (κ1) is 18.3. The summed E-state index contributed by atoms with van der Waals surface area (Å²) in [7, 11) is -3.96. The first-order chi connectivity index (χ1) is 13.6. The molecular weight excluding hydrogens is 374 g/mol. The Morgan fingerprint density at radius 3 is 2.64 bits per heavy atom. The zero-order valence-corrected chi connectivity index (χ0v) is 15.9. The fourth-order valence-electron chi connectivity index (χ4n) is 3.40. The van der Waals surface area contributed by atoms with Gasteiger partial charge in [-0.1, -0.05) is 36.4 Å². The third-order valence-corrected chi connectivity index (χ3v) is 6.09. The van der Waals surface area contributed by atoms with E-state index in [1.54, 1.807) is 35.4 Å². The van der Waals surface area contributed by atoms with Crippen molar-refractivity contribution in [2.75, 3.05) is 11.4 Å². The lowest BCUT2D eigenvalue weighted by molar-refractivity contribution is -0.121. The largest absolute Gasteiger partial charge is 0.312 e. The summed E-state index contributed by atoms with van der Waals surface area (Å²) in [4.78, 5) is 18.7. The smallest absolute Gasteiger partial charge is 0.284 e. The van der Waals surface area contributed by atoms with Crippen LogP contribution in [-0.4, -0.2) is 32.1 Å². The van der Waals surface area contributed by atoms with Crippen molar-refractivity contribution in [1.82, 2.24) is 4.98 Å². The molecule has 7 heteroatoms. The van der Waals surface area contributed by atoms with E-state index in [4.69, 9.17) is 0 Å². The van der Waals surface area contributed by atoms with Gasteiger partial charge in [-0.3, -0.25) is 9.78 Å². The highest BCUT2D eigenvalue weighted by molar-refractivity contribution is 7.90. The number of nitrogens with zero attached hydrogens (tertiary/aromatic N) is 3. The number of pyridine rings is 1. The number of amides is 1. The molecule has 3 aromatic rings. The van der Waals surface area contributed by atoms with Gasteiger partial charge in [0.15, 0.2) is 0 Å². The molecule has 28 heavy (non-hydrogen) atoms. The zero-order chi connectivity index (χ0) is 19.6.